The van der Waals surface area contributed by atoms with Gasteiger partial charge in [0.2, 0.25) is 0 Å². The molecule has 1 aliphatic carbocycles. The SMILES string of the molecule is COC1CCC(F)(F)C1. The van der Waals surface area contributed by atoms with E-state index in [0.29, 0.717) is 6.42 Å². The molecule has 0 aliphatic heterocycles. The maximum Gasteiger partial charge on any atom is 0.250 e. The standard InChI is InChI=1S/C6H10F2O/c1-9-5-2-3-6(7,8)4-5/h5H,2-4H2,1H3. The number of ether oxygens (including phenoxy) is 1. The zero-order chi connectivity index (χ0) is 6.91. The second kappa shape index (κ2) is 2.21. The fraction of sp³-hybridized carbons (Fsp3) is 1.00. The highest BCUT2D eigenvalue weighted by atomic mass is 19.3. The lowest BCUT2D eigenvalue weighted by Gasteiger charge is -2.07. The number of halogens is 2. The fourth-order valence-corrected chi connectivity index (χ4v) is 1.11. The lowest BCUT2D eigenvalue weighted by Crippen LogP contribution is -2.12. The zero-order valence-corrected chi connectivity index (χ0v) is 5.36. The molecule has 1 rings (SSSR count). The van der Waals surface area contributed by atoms with Crippen molar-refractivity contribution in [1.29, 1.82) is 0 Å². The van der Waals surface area contributed by atoms with Crippen LogP contribution in [0.25, 0.3) is 0 Å². The van der Waals surface area contributed by atoms with Crippen molar-refractivity contribution in [3.8, 4) is 0 Å². The Bertz CT molecular complexity index is 103. The van der Waals surface area contributed by atoms with Gasteiger partial charge in [0.25, 0.3) is 5.92 Å². The van der Waals surface area contributed by atoms with E-state index >= 15 is 0 Å². The average molecular weight is 136 g/mol. The molecule has 1 atom stereocenters. The van der Waals surface area contributed by atoms with Crippen LogP contribution in [0.2, 0.25) is 0 Å². The van der Waals surface area contributed by atoms with E-state index in [1.54, 1.807) is 0 Å². The van der Waals surface area contributed by atoms with Crippen LogP contribution >= 0.6 is 0 Å². The Labute approximate surface area is 53.0 Å². The molecule has 0 spiro atoms. The summed E-state index contributed by atoms with van der Waals surface area (Å²) in [6.45, 7) is 0. The first-order chi connectivity index (χ1) is 4.14. The molecule has 1 unspecified atom stereocenters. The molecule has 54 valence electrons. The predicted molar refractivity (Wildman–Crippen MR) is 29.6 cm³/mol. The van der Waals surface area contributed by atoms with E-state index in [4.69, 9.17) is 4.74 Å². The van der Waals surface area contributed by atoms with E-state index < -0.39 is 5.92 Å². The van der Waals surface area contributed by atoms with Gasteiger partial charge in [-0.3, -0.25) is 0 Å². The van der Waals surface area contributed by atoms with E-state index in [1.165, 1.54) is 7.11 Å². The van der Waals surface area contributed by atoms with Crippen molar-refractivity contribution < 1.29 is 13.5 Å². The molecule has 1 fully saturated rings. The maximum absolute atomic E-state index is 12.3. The van der Waals surface area contributed by atoms with Crippen LogP contribution in [0.15, 0.2) is 0 Å². The quantitative estimate of drug-likeness (QED) is 0.534. The van der Waals surface area contributed by atoms with Crippen LogP contribution in [0.1, 0.15) is 19.3 Å². The smallest absolute Gasteiger partial charge is 0.250 e. The molecule has 1 nitrogen and oxygen atoms in total. The maximum atomic E-state index is 12.3. The third-order valence-electron chi connectivity index (χ3n) is 1.69. The van der Waals surface area contributed by atoms with Gasteiger partial charge in [-0.05, 0) is 6.42 Å². The highest BCUT2D eigenvalue weighted by Crippen LogP contribution is 2.35. The highest BCUT2D eigenvalue weighted by Gasteiger charge is 2.39. The Morgan fingerprint density at radius 2 is 2.22 bits per heavy atom. The lowest BCUT2D eigenvalue weighted by molar-refractivity contribution is -0.00991. The number of hydrogen-bond acceptors (Lipinski definition) is 1. The number of rotatable bonds is 1. The van der Waals surface area contributed by atoms with Gasteiger partial charge in [-0.25, -0.2) is 8.78 Å². The molecular weight excluding hydrogens is 126 g/mol. The van der Waals surface area contributed by atoms with Crippen molar-refractivity contribution in [2.75, 3.05) is 7.11 Å². The summed E-state index contributed by atoms with van der Waals surface area (Å²) >= 11 is 0. The molecule has 0 aromatic carbocycles. The van der Waals surface area contributed by atoms with E-state index in [9.17, 15) is 8.78 Å². The molecule has 0 bridgehead atoms. The van der Waals surface area contributed by atoms with Crippen molar-refractivity contribution >= 4 is 0 Å². The van der Waals surface area contributed by atoms with Gasteiger partial charge < -0.3 is 4.74 Å². The first-order valence-electron chi connectivity index (χ1n) is 3.05. The van der Waals surface area contributed by atoms with E-state index in [2.05, 4.69) is 0 Å². The predicted octanol–water partition coefficient (Wildman–Crippen LogP) is 1.82. The summed E-state index contributed by atoms with van der Waals surface area (Å²) in [5, 5.41) is 0. The molecule has 0 heterocycles. The Morgan fingerprint density at radius 1 is 1.56 bits per heavy atom. The van der Waals surface area contributed by atoms with Crippen LogP contribution in [0.5, 0.6) is 0 Å². The monoisotopic (exact) mass is 136 g/mol. The normalized spacial score (nSPS) is 33.0. The van der Waals surface area contributed by atoms with E-state index in [-0.39, 0.29) is 18.9 Å². The molecule has 0 aromatic rings. The van der Waals surface area contributed by atoms with Gasteiger partial charge in [-0.15, -0.1) is 0 Å². The minimum atomic E-state index is -2.46. The number of alkyl halides is 2. The molecule has 0 saturated heterocycles. The summed E-state index contributed by atoms with van der Waals surface area (Å²) in [6, 6.07) is 0. The van der Waals surface area contributed by atoms with Crippen molar-refractivity contribution in [2.24, 2.45) is 0 Å². The number of hydrogen-bond donors (Lipinski definition) is 0. The van der Waals surface area contributed by atoms with Gasteiger partial charge in [0.1, 0.15) is 0 Å². The summed E-state index contributed by atoms with van der Waals surface area (Å²) in [4.78, 5) is 0. The van der Waals surface area contributed by atoms with E-state index in [0.717, 1.165) is 0 Å². The Kier molecular flexibility index (Phi) is 1.70. The van der Waals surface area contributed by atoms with Crippen LogP contribution in [0.4, 0.5) is 8.78 Å². The lowest BCUT2D eigenvalue weighted by atomic mass is 10.3. The van der Waals surface area contributed by atoms with Crippen molar-refractivity contribution in [3.63, 3.8) is 0 Å². The summed E-state index contributed by atoms with van der Waals surface area (Å²) in [5.41, 5.74) is 0. The van der Waals surface area contributed by atoms with E-state index in [1.807, 2.05) is 0 Å². The largest absolute Gasteiger partial charge is 0.381 e. The molecule has 0 N–H and O–H groups in total. The van der Waals surface area contributed by atoms with Crippen molar-refractivity contribution in [3.05, 3.63) is 0 Å². The van der Waals surface area contributed by atoms with Gasteiger partial charge in [-0.1, -0.05) is 0 Å². The first-order valence-corrected chi connectivity index (χ1v) is 3.05. The third kappa shape index (κ3) is 1.61. The van der Waals surface area contributed by atoms with Gasteiger partial charge in [-0.2, -0.15) is 0 Å². The number of methoxy groups -OCH3 is 1. The minimum absolute atomic E-state index is 0.00843. The first kappa shape index (κ1) is 6.93. The Morgan fingerprint density at radius 3 is 2.44 bits per heavy atom. The minimum Gasteiger partial charge on any atom is -0.381 e. The Hall–Kier alpha value is -0.180. The van der Waals surface area contributed by atoms with Crippen molar-refractivity contribution in [1.82, 2.24) is 0 Å². The molecule has 9 heavy (non-hydrogen) atoms. The van der Waals surface area contributed by atoms with Gasteiger partial charge in [0, 0.05) is 20.0 Å². The second-order valence-electron chi connectivity index (χ2n) is 2.46. The fourth-order valence-electron chi connectivity index (χ4n) is 1.11. The van der Waals surface area contributed by atoms with Crippen molar-refractivity contribution in [2.45, 2.75) is 31.3 Å². The highest BCUT2D eigenvalue weighted by molar-refractivity contribution is 4.81. The van der Waals surface area contributed by atoms with Gasteiger partial charge in [0.05, 0.1) is 6.10 Å². The third-order valence-corrected chi connectivity index (χ3v) is 1.69. The Balaban J connectivity index is 2.38. The second-order valence-corrected chi connectivity index (χ2v) is 2.46. The molecule has 0 amide bonds. The molecule has 0 aromatic heterocycles. The molecular formula is C6H10F2O. The van der Waals surface area contributed by atoms with Crippen LogP contribution in [-0.2, 0) is 4.74 Å². The summed E-state index contributed by atoms with van der Waals surface area (Å²) in [5.74, 6) is -2.46. The van der Waals surface area contributed by atoms with Crippen LogP contribution in [0.3, 0.4) is 0 Å². The zero-order valence-electron chi connectivity index (χ0n) is 5.36. The molecule has 3 heteroatoms. The molecule has 1 saturated carbocycles. The molecule has 0 radical (unpaired) electrons. The topological polar surface area (TPSA) is 9.23 Å². The average Bonchev–Trinajstić information content (AvgIpc) is 2.10. The van der Waals surface area contributed by atoms with Crippen LogP contribution in [0, 0.1) is 0 Å². The van der Waals surface area contributed by atoms with Crippen LogP contribution < -0.4 is 0 Å². The summed E-state index contributed by atoms with van der Waals surface area (Å²) in [6.07, 6.45) is 0.193. The molecule has 1 aliphatic rings. The summed E-state index contributed by atoms with van der Waals surface area (Å²) in [7, 11) is 1.48. The van der Waals surface area contributed by atoms with Gasteiger partial charge in [0.15, 0.2) is 0 Å². The van der Waals surface area contributed by atoms with Gasteiger partial charge >= 0.3 is 0 Å². The summed E-state index contributed by atoms with van der Waals surface area (Å²) < 4.78 is 29.4. The van der Waals surface area contributed by atoms with Crippen LogP contribution in [-0.4, -0.2) is 19.1 Å².